The van der Waals surface area contributed by atoms with Crippen LogP contribution in [-0.2, 0) is 9.53 Å². The van der Waals surface area contributed by atoms with Crippen LogP contribution in [0.1, 0.15) is 31.4 Å². The molecule has 2 atom stereocenters. The van der Waals surface area contributed by atoms with Crippen molar-refractivity contribution in [2.24, 2.45) is 0 Å². The highest BCUT2D eigenvalue weighted by Crippen LogP contribution is 2.19. The molecule has 0 aromatic heterocycles. The molecule has 0 radical (unpaired) electrons. The van der Waals surface area contributed by atoms with Crippen LogP contribution in [0.5, 0.6) is 0 Å². The Morgan fingerprint density at radius 3 is 2.76 bits per heavy atom. The minimum absolute atomic E-state index is 0. The summed E-state index contributed by atoms with van der Waals surface area (Å²) in [7, 11) is 0. The van der Waals surface area contributed by atoms with Crippen LogP contribution < -0.4 is 10.6 Å². The maximum Gasteiger partial charge on any atom is 0.223 e. The van der Waals surface area contributed by atoms with Gasteiger partial charge in [0.2, 0.25) is 5.91 Å². The van der Waals surface area contributed by atoms with Crippen LogP contribution in [-0.4, -0.2) is 31.7 Å². The Balaban J connectivity index is 0.00000220. The molecule has 118 valence electrons. The van der Waals surface area contributed by atoms with Crippen molar-refractivity contribution in [2.45, 2.75) is 31.9 Å². The Morgan fingerprint density at radius 2 is 2.19 bits per heavy atom. The predicted molar refractivity (Wildman–Crippen MR) is 87.1 cm³/mol. The van der Waals surface area contributed by atoms with Gasteiger partial charge in [0.25, 0.3) is 0 Å². The number of amides is 1. The van der Waals surface area contributed by atoms with Gasteiger partial charge < -0.3 is 15.4 Å². The number of carbonyl (C=O) groups is 1. The summed E-state index contributed by atoms with van der Waals surface area (Å²) in [5.74, 6) is 0.0282. The Labute approximate surface area is 137 Å². The molecule has 1 amide bonds. The molecule has 0 spiro atoms. The lowest BCUT2D eigenvalue weighted by molar-refractivity contribution is -0.125. The summed E-state index contributed by atoms with van der Waals surface area (Å²) in [6, 6.07) is 7.63. The number of rotatable bonds is 5. The van der Waals surface area contributed by atoms with Crippen LogP contribution in [0.4, 0.5) is 0 Å². The van der Waals surface area contributed by atoms with E-state index in [0.29, 0.717) is 18.1 Å². The molecular formula is C15H22Cl2N2O2. The SMILES string of the molecule is CCC(NC(=O)CC1CNCCO1)c1ccc(Cl)cc1.Cl. The zero-order valence-electron chi connectivity index (χ0n) is 12.1. The number of benzene rings is 1. The van der Waals surface area contributed by atoms with Gasteiger partial charge in [-0.2, -0.15) is 0 Å². The van der Waals surface area contributed by atoms with Crippen LogP contribution >= 0.6 is 24.0 Å². The van der Waals surface area contributed by atoms with E-state index in [1.54, 1.807) is 0 Å². The van der Waals surface area contributed by atoms with Gasteiger partial charge in [-0.25, -0.2) is 0 Å². The van der Waals surface area contributed by atoms with E-state index >= 15 is 0 Å². The minimum Gasteiger partial charge on any atom is -0.375 e. The molecule has 6 heteroatoms. The summed E-state index contributed by atoms with van der Waals surface area (Å²) in [6.07, 6.45) is 1.22. The van der Waals surface area contributed by atoms with Gasteiger partial charge in [0.05, 0.1) is 25.2 Å². The summed E-state index contributed by atoms with van der Waals surface area (Å²) < 4.78 is 5.54. The normalized spacial score (nSPS) is 19.4. The molecule has 21 heavy (non-hydrogen) atoms. The maximum atomic E-state index is 12.1. The Kier molecular flexibility index (Phi) is 8.04. The van der Waals surface area contributed by atoms with Crippen molar-refractivity contribution in [1.29, 1.82) is 0 Å². The second kappa shape index (κ2) is 9.26. The molecule has 1 aromatic rings. The first kappa shape index (κ1) is 18.2. The summed E-state index contributed by atoms with van der Waals surface area (Å²) in [4.78, 5) is 12.1. The van der Waals surface area contributed by atoms with Crippen molar-refractivity contribution in [1.82, 2.24) is 10.6 Å². The van der Waals surface area contributed by atoms with Gasteiger partial charge >= 0.3 is 0 Å². The Morgan fingerprint density at radius 1 is 1.48 bits per heavy atom. The zero-order chi connectivity index (χ0) is 14.4. The lowest BCUT2D eigenvalue weighted by atomic mass is 10.0. The summed E-state index contributed by atoms with van der Waals surface area (Å²) in [5, 5.41) is 6.99. The fourth-order valence-electron chi connectivity index (χ4n) is 2.33. The van der Waals surface area contributed by atoms with E-state index in [2.05, 4.69) is 17.6 Å². The number of hydrogen-bond donors (Lipinski definition) is 2. The number of carbonyl (C=O) groups excluding carboxylic acids is 1. The third-order valence-corrected chi connectivity index (χ3v) is 3.69. The van der Waals surface area contributed by atoms with E-state index in [-0.39, 0.29) is 30.5 Å². The molecule has 2 N–H and O–H groups in total. The third-order valence-electron chi connectivity index (χ3n) is 3.43. The second-order valence-corrected chi connectivity index (χ2v) is 5.42. The van der Waals surface area contributed by atoms with Crippen molar-refractivity contribution in [3.05, 3.63) is 34.9 Å². The first-order valence-corrected chi connectivity index (χ1v) is 7.44. The number of ether oxygens (including phenoxy) is 1. The van der Waals surface area contributed by atoms with Gasteiger partial charge in [0.1, 0.15) is 0 Å². The number of halogens is 2. The molecule has 1 aromatic carbocycles. The van der Waals surface area contributed by atoms with E-state index in [0.717, 1.165) is 25.1 Å². The van der Waals surface area contributed by atoms with Gasteiger partial charge in [-0.15, -0.1) is 12.4 Å². The van der Waals surface area contributed by atoms with Crippen LogP contribution in [0, 0.1) is 0 Å². The third kappa shape index (κ3) is 5.83. The highest BCUT2D eigenvalue weighted by molar-refractivity contribution is 6.30. The zero-order valence-corrected chi connectivity index (χ0v) is 13.7. The second-order valence-electron chi connectivity index (χ2n) is 4.98. The molecular weight excluding hydrogens is 311 g/mol. The number of nitrogens with one attached hydrogen (secondary N) is 2. The van der Waals surface area contributed by atoms with Crippen molar-refractivity contribution in [3.8, 4) is 0 Å². The van der Waals surface area contributed by atoms with Gasteiger partial charge in [-0.3, -0.25) is 4.79 Å². The number of morpholine rings is 1. The summed E-state index contributed by atoms with van der Waals surface area (Å²) in [6.45, 7) is 4.33. The van der Waals surface area contributed by atoms with Crippen LogP contribution in [0.25, 0.3) is 0 Å². The van der Waals surface area contributed by atoms with E-state index in [1.165, 1.54) is 0 Å². The fourth-order valence-corrected chi connectivity index (χ4v) is 2.45. The lowest BCUT2D eigenvalue weighted by Gasteiger charge is -2.24. The summed E-state index contributed by atoms with van der Waals surface area (Å²) in [5.41, 5.74) is 1.08. The molecule has 0 saturated carbocycles. The van der Waals surface area contributed by atoms with Crippen molar-refractivity contribution in [2.75, 3.05) is 19.7 Å². The van der Waals surface area contributed by atoms with Crippen LogP contribution in [0.2, 0.25) is 5.02 Å². The van der Waals surface area contributed by atoms with E-state index in [4.69, 9.17) is 16.3 Å². The highest BCUT2D eigenvalue weighted by atomic mass is 35.5. The monoisotopic (exact) mass is 332 g/mol. The molecule has 1 aliphatic rings. The Bertz CT molecular complexity index is 434. The fraction of sp³-hybridized carbons (Fsp3) is 0.533. The topological polar surface area (TPSA) is 50.4 Å². The lowest BCUT2D eigenvalue weighted by Crippen LogP contribution is -2.41. The maximum absolute atomic E-state index is 12.1. The smallest absolute Gasteiger partial charge is 0.223 e. The van der Waals surface area contributed by atoms with Crippen molar-refractivity contribution < 1.29 is 9.53 Å². The minimum atomic E-state index is -0.0218. The first-order chi connectivity index (χ1) is 9.69. The molecule has 2 unspecified atom stereocenters. The van der Waals surface area contributed by atoms with Crippen molar-refractivity contribution in [3.63, 3.8) is 0 Å². The first-order valence-electron chi connectivity index (χ1n) is 7.06. The molecule has 1 fully saturated rings. The van der Waals surface area contributed by atoms with Gasteiger partial charge in [-0.05, 0) is 24.1 Å². The van der Waals surface area contributed by atoms with Crippen LogP contribution in [0.3, 0.4) is 0 Å². The average Bonchev–Trinajstić information content (AvgIpc) is 2.47. The van der Waals surface area contributed by atoms with E-state index in [9.17, 15) is 4.79 Å². The standard InChI is InChI=1S/C15H21ClN2O2.ClH/c1-2-14(11-3-5-12(16)6-4-11)18-15(19)9-13-10-17-7-8-20-13;/h3-6,13-14,17H,2,7-10H2,1H3,(H,18,19);1H. The highest BCUT2D eigenvalue weighted by Gasteiger charge is 2.19. The van der Waals surface area contributed by atoms with Gasteiger partial charge in [0.15, 0.2) is 0 Å². The molecule has 1 aliphatic heterocycles. The predicted octanol–water partition coefficient (Wildman–Crippen LogP) is 2.71. The van der Waals surface area contributed by atoms with Crippen LogP contribution in [0.15, 0.2) is 24.3 Å². The summed E-state index contributed by atoms with van der Waals surface area (Å²) >= 11 is 5.88. The number of hydrogen-bond acceptors (Lipinski definition) is 3. The molecule has 2 rings (SSSR count). The van der Waals surface area contributed by atoms with Crippen molar-refractivity contribution >= 4 is 29.9 Å². The van der Waals surface area contributed by atoms with Gasteiger partial charge in [0, 0.05) is 18.1 Å². The average molecular weight is 333 g/mol. The quantitative estimate of drug-likeness (QED) is 0.871. The van der Waals surface area contributed by atoms with E-state index < -0.39 is 0 Å². The molecule has 4 nitrogen and oxygen atoms in total. The Hall–Kier alpha value is -0.810. The van der Waals surface area contributed by atoms with Gasteiger partial charge in [-0.1, -0.05) is 30.7 Å². The van der Waals surface area contributed by atoms with E-state index in [1.807, 2.05) is 24.3 Å². The molecule has 0 bridgehead atoms. The molecule has 0 aliphatic carbocycles. The largest absolute Gasteiger partial charge is 0.375 e. The molecule has 1 heterocycles. The molecule has 1 saturated heterocycles.